The number of para-hydroxylation sites is 1. The molecule has 2 N–H and O–H groups in total. The highest BCUT2D eigenvalue weighted by atomic mass is 32.1. The number of amides is 1. The number of thiazole rings is 1. The molecular formula is C18H11F6N3O2S. The Morgan fingerprint density at radius 1 is 0.967 bits per heavy atom. The second-order valence-corrected chi connectivity index (χ2v) is 6.59. The van der Waals surface area contributed by atoms with E-state index >= 15 is 0 Å². The van der Waals surface area contributed by atoms with Crippen molar-refractivity contribution in [2.75, 3.05) is 10.6 Å². The highest BCUT2D eigenvalue weighted by Gasteiger charge is 2.34. The Kier molecular flexibility index (Phi) is 5.87. The van der Waals surface area contributed by atoms with Crippen molar-refractivity contribution in [3.8, 4) is 5.75 Å². The van der Waals surface area contributed by atoms with E-state index in [4.69, 9.17) is 0 Å². The summed E-state index contributed by atoms with van der Waals surface area (Å²) in [6.07, 6.45) is -9.45. The Morgan fingerprint density at radius 3 is 2.27 bits per heavy atom. The Labute approximate surface area is 169 Å². The molecule has 1 heterocycles. The molecule has 1 aromatic heterocycles. The van der Waals surface area contributed by atoms with Crippen molar-refractivity contribution in [3.63, 3.8) is 0 Å². The summed E-state index contributed by atoms with van der Waals surface area (Å²) in [5.41, 5.74) is -1.16. The second-order valence-electron chi connectivity index (χ2n) is 5.73. The monoisotopic (exact) mass is 447 g/mol. The normalized spacial score (nSPS) is 11.8. The van der Waals surface area contributed by atoms with E-state index in [-0.39, 0.29) is 10.8 Å². The maximum absolute atomic E-state index is 13.0. The number of halogens is 6. The first-order chi connectivity index (χ1) is 14.0. The third kappa shape index (κ3) is 5.63. The molecule has 0 spiro atoms. The number of alkyl halides is 6. The van der Waals surface area contributed by atoms with Gasteiger partial charge in [-0.25, -0.2) is 4.98 Å². The van der Waals surface area contributed by atoms with Crippen LogP contribution in [0.1, 0.15) is 16.1 Å². The molecule has 0 atom stereocenters. The minimum atomic E-state index is -4.81. The summed E-state index contributed by atoms with van der Waals surface area (Å²) >= 11 is 0.991. The summed E-state index contributed by atoms with van der Waals surface area (Å²) in [6, 6.07) is 9.31. The van der Waals surface area contributed by atoms with E-state index in [1.165, 1.54) is 29.6 Å². The summed E-state index contributed by atoms with van der Waals surface area (Å²) in [6.45, 7) is 0. The summed E-state index contributed by atoms with van der Waals surface area (Å²) < 4.78 is 79.3. The number of aromatic nitrogens is 1. The predicted molar refractivity (Wildman–Crippen MR) is 97.9 cm³/mol. The number of hydrogen-bond donors (Lipinski definition) is 2. The van der Waals surface area contributed by atoms with Gasteiger partial charge in [0, 0.05) is 11.1 Å². The first-order valence-electron chi connectivity index (χ1n) is 8.07. The molecule has 158 valence electrons. The van der Waals surface area contributed by atoms with Gasteiger partial charge in [-0.2, -0.15) is 13.2 Å². The molecule has 0 saturated heterocycles. The fraction of sp³-hybridized carbons (Fsp3) is 0.111. The molecule has 0 aliphatic carbocycles. The van der Waals surface area contributed by atoms with Gasteiger partial charge in [0.1, 0.15) is 11.4 Å². The summed E-state index contributed by atoms with van der Waals surface area (Å²) in [4.78, 5) is 16.2. The maximum Gasteiger partial charge on any atom is 0.573 e. The molecule has 3 aromatic rings. The van der Waals surface area contributed by atoms with Crippen LogP contribution in [0.2, 0.25) is 0 Å². The van der Waals surface area contributed by atoms with Crippen molar-refractivity contribution in [1.82, 2.24) is 4.98 Å². The van der Waals surface area contributed by atoms with E-state index < -0.39 is 35.4 Å². The SMILES string of the molecule is O=C(Nc1ccccc1C(F)(F)F)c1csc(Nc2ccc(OC(F)(F)F)cc2)n1. The van der Waals surface area contributed by atoms with Crippen molar-refractivity contribution in [2.24, 2.45) is 0 Å². The Bertz CT molecular complexity index is 1030. The molecule has 5 nitrogen and oxygen atoms in total. The van der Waals surface area contributed by atoms with Crippen LogP contribution in [0.3, 0.4) is 0 Å². The standard InChI is InChI=1S/C18H11F6N3O2S/c19-17(20,21)12-3-1-2-4-13(12)26-15(28)14-9-30-16(27-14)25-10-5-7-11(8-6-10)29-18(22,23)24/h1-9H,(H,25,27)(H,26,28). The fourth-order valence-electron chi connectivity index (χ4n) is 2.32. The fourth-order valence-corrected chi connectivity index (χ4v) is 3.04. The van der Waals surface area contributed by atoms with Crippen molar-refractivity contribution < 1.29 is 35.9 Å². The van der Waals surface area contributed by atoms with E-state index in [1.54, 1.807) is 0 Å². The Balaban J connectivity index is 1.67. The number of benzene rings is 2. The molecule has 0 aliphatic heterocycles. The summed E-state index contributed by atoms with van der Waals surface area (Å²) in [5, 5.41) is 6.50. The number of hydrogen-bond acceptors (Lipinski definition) is 5. The average molecular weight is 447 g/mol. The predicted octanol–water partition coefficient (Wildman–Crippen LogP) is 6.06. The molecule has 0 saturated carbocycles. The van der Waals surface area contributed by atoms with Crippen LogP contribution >= 0.6 is 11.3 Å². The lowest BCUT2D eigenvalue weighted by molar-refractivity contribution is -0.274. The van der Waals surface area contributed by atoms with Gasteiger partial charge < -0.3 is 15.4 Å². The first kappa shape index (κ1) is 21.4. The van der Waals surface area contributed by atoms with Gasteiger partial charge in [0.05, 0.1) is 11.3 Å². The van der Waals surface area contributed by atoms with Crippen LogP contribution in [-0.2, 0) is 6.18 Å². The van der Waals surface area contributed by atoms with Gasteiger partial charge in [-0.1, -0.05) is 12.1 Å². The number of nitrogens with zero attached hydrogens (tertiary/aromatic N) is 1. The summed E-state index contributed by atoms with van der Waals surface area (Å²) in [7, 11) is 0. The van der Waals surface area contributed by atoms with Crippen molar-refractivity contribution in [2.45, 2.75) is 12.5 Å². The zero-order valence-electron chi connectivity index (χ0n) is 14.6. The van der Waals surface area contributed by atoms with Crippen molar-refractivity contribution in [1.29, 1.82) is 0 Å². The molecule has 0 aliphatic rings. The lowest BCUT2D eigenvalue weighted by atomic mass is 10.1. The molecule has 0 fully saturated rings. The van der Waals surface area contributed by atoms with Gasteiger partial charge in [-0.3, -0.25) is 4.79 Å². The van der Waals surface area contributed by atoms with E-state index in [9.17, 15) is 31.1 Å². The van der Waals surface area contributed by atoms with E-state index in [0.717, 1.165) is 35.6 Å². The molecule has 12 heteroatoms. The van der Waals surface area contributed by atoms with E-state index in [1.807, 2.05) is 0 Å². The van der Waals surface area contributed by atoms with Crippen LogP contribution < -0.4 is 15.4 Å². The quantitative estimate of drug-likeness (QED) is 0.467. The van der Waals surface area contributed by atoms with Gasteiger partial charge in [-0.15, -0.1) is 24.5 Å². The van der Waals surface area contributed by atoms with Gasteiger partial charge in [-0.05, 0) is 36.4 Å². The van der Waals surface area contributed by atoms with Crippen LogP contribution in [-0.4, -0.2) is 17.3 Å². The Morgan fingerprint density at radius 2 is 1.63 bits per heavy atom. The minimum absolute atomic E-state index is 0.128. The van der Waals surface area contributed by atoms with Crippen LogP contribution in [0.5, 0.6) is 5.75 Å². The average Bonchev–Trinajstić information content (AvgIpc) is 3.10. The molecule has 1 amide bonds. The van der Waals surface area contributed by atoms with E-state index in [2.05, 4.69) is 20.4 Å². The topological polar surface area (TPSA) is 63.2 Å². The number of nitrogens with one attached hydrogen (secondary N) is 2. The second kappa shape index (κ2) is 8.22. The van der Waals surface area contributed by atoms with Crippen molar-refractivity contribution in [3.05, 3.63) is 65.2 Å². The highest BCUT2D eigenvalue weighted by molar-refractivity contribution is 7.14. The van der Waals surface area contributed by atoms with Gasteiger partial charge in [0.2, 0.25) is 0 Å². The Hall–Kier alpha value is -3.28. The van der Waals surface area contributed by atoms with Crippen LogP contribution in [0, 0.1) is 0 Å². The molecule has 3 rings (SSSR count). The number of carbonyl (C=O) groups excluding carboxylic acids is 1. The van der Waals surface area contributed by atoms with Gasteiger partial charge >= 0.3 is 12.5 Å². The molecule has 30 heavy (non-hydrogen) atoms. The largest absolute Gasteiger partial charge is 0.573 e. The molecular weight excluding hydrogens is 436 g/mol. The molecule has 0 bridgehead atoms. The number of carbonyl (C=O) groups is 1. The summed E-state index contributed by atoms with van der Waals surface area (Å²) in [5.74, 6) is -1.25. The third-order valence-electron chi connectivity index (χ3n) is 3.56. The van der Waals surface area contributed by atoms with Crippen molar-refractivity contribution >= 4 is 33.8 Å². The molecule has 2 aromatic carbocycles. The van der Waals surface area contributed by atoms with Crippen LogP contribution in [0.4, 0.5) is 42.8 Å². The van der Waals surface area contributed by atoms with Crippen LogP contribution in [0.25, 0.3) is 0 Å². The minimum Gasteiger partial charge on any atom is -0.406 e. The maximum atomic E-state index is 13.0. The van der Waals surface area contributed by atoms with E-state index in [0.29, 0.717) is 5.69 Å². The number of anilines is 3. The number of rotatable bonds is 5. The zero-order chi connectivity index (χ0) is 21.9. The molecule has 0 radical (unpaired) electrons. The lowest BCUT2D eigenvalue weighted by Gasteiger charge is -2.12. The lowest BCUT2D eigenvalue weighted by Crippen LogP contribution is -2.17. The molecule has 0 unspecified atom stereocenters. The van der Waals surface area contributed by atoms with Crippen LogP contribution in [0.15, 0.2) is 53.9 Å². The smallest absolute Gasteiger partial charge is 0.406 e. The zero-order valence-corrected chi connectivity index (χ0v) is 15.5. The number of ether oxygens (including phenoxy) is 1. The van der Waals surface area contributed by atoms with Gasteiger partial charge in [0.15, 0.2) is 5.13 Å². The van der Waals surface area contributed by atoms with Gasteiger partial charge in [0.25, 0.3) is 5.91 Å². The highest BCUT2D eigenvalue weighted by Crippen LogP contribution is 2.35. The third-order valence-corrected chi connectivity index (χ3v) is 4.31. The first-order valence-corrected chi connectivity index (χ1v) is 8.95.